The van der Waals surface area contributed by atoms with E-state index in [4.69, 9.17) is 5.73 Å². The van der Waals surface area contributed by atoms with Crippen molar-refractivity contribution in [2.75, 3.05) is 17.2 Å². The number of amides is 1. The summed E-state index contributed by atoms with van der Waals surface area (Å²) >= 11 is 0. The highest BCUT2D eigenvalue weighted by Gasteiger charge is 2.26. The van der Waals surface area contributed by atoms with E-state index in [1.54, 1.807) is 0 Å². The molecule has 31 heavy (non-hydrogen) atoms. The Balaban J connectivity index is 2.56. The number of anilines is 2. The third-order valence-corrected chi connectivity index (χ3v) is 5.01. The minimum absolute atomic E-state index is 0.0388. The van der Waals surface area contributed by atoms with Crippen LogP contribution in [-0.2, 0) is 13.1 Å². The Bertz CT molecular complexity index is 1070. The van der Waals surface area contributed by atoms with Crippen LogP contribution in [0, 0.1) is 0 Å². The van der Waals surface area contributed by atoms with Crippen molar-refractivity contribution < 1.29 is 4.79 Å². The largest absolute Gasteiger partial charge is 0.383 e. The summed E-state index contributed by atoms with van der Waals surface area (Å²) in [5.74, 6) is -0.595. The van der Waals surface area contributed by atoms with Crippen LogP contribution >= 0.6 is 0 Å². The van der Waals surface area contributed by atoms with Gasteiger partial charge in [0.2, 0.25) is 0 Å². The van der Waals surface area contributed by atoms with Crippen molar-refractivity contribution in [3.05, 3.63) is 49.0 Å². The number of hydrogen-bond acceptors (Lipinski definition) is 6. The van der Waals surface area contributed by atoms with Crippen LogP contribution in [0.25, 0.3) is 0 Å². The Labute approximate surface area is 180 Å². The number of aromatic amines is 1. The van der Waals surface area contributed by atoms with Crippen molar-refractivity contribution in [1.29, 1.82) is 0 Å². The number of unbranched alkanes of at least 4 members (excludes halogenated alkanes) is 3. The van der Waals surface area contributed by atoms with Crippen molar-refractivity contribution in [3.63, 3.8) is 0 Å². The summed E-state index contributed by atoms with van der Waals surface area (Å²) in [6.45, 7) is 6.89. The zero-order valence-electron chi connectivity index (χ0n) is 18.5. The van der Waals surface area contributed by atoms with Gasteiger partial charge in [-0.3, -0.25) is 28.8 Å². The van der Waals surface area contributed by atoms with E-state index in [9.17, 15) is 19.2 Å². The number of nitrogens with one attached hydrogen (secondary N) is 1. The lowest BCUT2D eigenvalue weighted by Crippen LogP contribution is -2.42. The molecule has 0 atom stereocenters. The molecule has 0 aromatic carbocycles. The first-order chi connectivity index (χ1) is 14.8. The first kappa shape index (κ1) is 24.1. The number of H-pyrrole nitrogens is 1. The topological polar surface area (TPSA) is 136 Å². The minimum atomic E-state index is -0.723. The Kier molecular flexibility index (Phi) is 8.77. The molecule has 0 spiro atoms. The molecule has 3 N–H and O–H groups in total. The summed E-state index contributed by atoms with van der Waals surface area (Å²) in [5, 5.41) is 4.20. The average Bonchev–Trinajstić information content (AvgIpc) is 2.74. The van der Waals surface area contributed by atoms with Crippen LogP contribution < -0.4 is 27.4 Å². The van der Waals surface area contributed by atoms with E-state index in [2.05, 4.69) is 10.1 Å². The average molecular weight is 433 g/mol. The molecule has 2 aromatic heterocycles. The molecule has 1 amide bonds. The molecular formula is C21H32N6O4. The molecule has 0 aliphatic carbocycles. The summed E-state index contributed by atoms with van der Waals surface area (Å²) in [4.78, 5) is 53.9. The molecule has 10 heteroatoms. The Morgan fingerprint density at radius 3 is 2.32 bits per heavy atom. The van der Waals surface area contributed by atoms with Gasteiger partial charge in [-0.1, -0.05) is 40.0 Å². The summed E-state index contributed by atoms with van der Waals surface area (Å²) < 4.78 is 2.53. The van der Waals surface area contributed by atoms with Crippen molar-refractivity contribution in [2.24, 2.45) is 0 Å². The van der Waals surface area contributed by atoms with E-state index >= 15 is 0 Å². The number of aryl methyl sites for hydroxylation is 1. The van der Waals surface area contributed by atoms with Crippen LogP contribution in [-0.4, -0.2) is 31.8 Å². The van der Waals surface area contributed by atoms with Crippen LogP contribution in [0.3, 0.4) is 0 Å². The fourth-order valence-electron chi connectivity index (χ4n) is 3.18. The van der Waals surface area contributed by atoms with Crippen LogP contribution in [0.1, 0.15) is 69.8 Å². The van der Waals surface area contributed by atoms with Gasteiger partial charge in [-0.2, -0.15) is 5.10 Å². The van der Waals surface area contributed by atoms with Gasteiger partial charge < -0.3 is 5.73 Å². The van der Waals surface area contributed by atoms with Crippen molar-refractivity contribution in [1.82, 2.24) is 19.3 Å². The highest BCUT2D eigenvalue weighted by molar-refractivity contribution is 6.05. The second-order valence-electron chi connectivity index (χ2n) is 7.44. The molecule has 10 nitrogen and oxygen atoms in total. The molecule has 0 saturated heterocycles. The summed E-state index contributed by atoms with van der Waals surface area (Å²) in [5.41, 5.74) is 4.56. The zero-order chi connectivity index (χ0) is 23.0. The van der Waals surface area contributed by atoms with E-state index < -0.39 is 17.2 Å². The van der Waals surface area contributed by atoms with Crippen molar-refractivity contribution in [3.8, 4) is 0 Å². The predicted molar refractivity (Wildman–Crippen MR) is 121 cm³/mol. The van der Waals surface area contributed by atoms with Gasteiger partial charge in [0.25, 0.3) is 17.0 Å². The van der Waals surface area contributed by atoms with Gasteiger partial charge in [0.05, 0.1) is 0 Å². The summed E-state index contributed by atoms with van der Waals surface area (Å²) in [6.07, 6.45) is 4.55. The highest BCUT2D eigenvalue weighted by Crippen LogP contribution is 2.20. The number of carbonyl (C=O) groups is 1. The number of aromatic nitrogens is 4. The second kappa shape index (κ2) is 11.3. The fraction of sp³-hybridized carbons (Fsp3) is 0.571. The summed E-state index contributed by atoms with van der Waals surface area (Å²) in [7, 11) is 0. The Hall–Kier alpha value is -3.17. The van der Waals surface area contributed by atoms with E-state index in [1.165, 1.54) is 26.3 Å². The number of nitrogens with two attached hydrogens (primary N) is 1. The lowest BCUT2D eigenvalue weighted by Gasteiger charge is -2.24. The SMILES string of the molecule is CCCCN(C(=O)c1ccc(=O)n(CCCC)n1)c1c(N)n(CCCC)c(=O)[nH]c1=O. The molecule has 0 fully saturated rings. The maximum atomic E-state index is 13.4. The second-order valence-corrected chi connectivity index (χ2v) is 7.44. The molecule has 0 aliphatic rings. The van der Waals surface area contributed by atoms with Crippen molar-refractivity contribution >= 4 is 17.4 Å². The maximum absolute atomic E-state index is 13.4. The monoisotopic (exact) mass is 432 g/mol. The van der Waals surface area contributed by atoms with Gasteiger partial charge in [-0.05, 0) is 25.3 Å². The molecule has 0 bridgehead atoms. The van der Waals surface area contributed by atoms with Crippen LogP contribution in [0.5, 0.6) is 0 Å². The number of nitrogens with zero attached hydrogens (tertiary/aromatic N) is 4. The van der Waals surface area contributed by atoms with Crippen LogP contribution in [0.15, 0.2) is 26.5 Å². The third-order valence-electron chi connectivity index (χ3n) is 5.01. The number of rotatable bonds is 11. The minimum Gasteiger partial charge on any atom is -0.383 e. The number of carbonyl (C=O) groups excluding carboxylic acids is 1. The molecular weight excluding hydrogens is 400 g/mol. The maximum Gasteiger partial charge on any atom is 0.330 e. The summed E-state index contributed by atoms with van der Waals surface area (Å²) in [6, 6.07) is 2.65. The van der Waals surface area contributed by atoms with Gasteiger partial charge in [0.15, 0.2) is 5.69 Å². The van der Waals surface area contributed by atoms with Crippen LogP contribution in [0.4, 0.5) is 11.5 Å². The zero-order valence-corrected chi connectivity index (χ0v) is 18.5. The lowest BCUT2D eigenvalue weighted by molar-refractivity contribution is 0.0979. The Morgan fingerprint density at radius 2 is 1.68 bits per heavy atom. The first-order valence-corrected chi connectivity index (χ1v) is 10.9. The Morgan fingerprint density at radius 1 is 1.03 bits per heavy atom. The molecule has 0 radical (unpaired) electrons. The van der Waals surface area contributed by atoms with Gasteiger partial charge in [0, 0.05) is 25.7 Å². The molecule has 0 aliphatic heterocycles. The van der Waals surface area contributed by atoms with Gasteiger partial charge in [-0.15, -0.1) is 0 Å². The molecule has 170 valence electrons. The quantitative estimate of drug-likeness (QED) is 0.555. The van der Waals surface area contributed by atoms with Gasteiger partial charge in [-0.25, -0.2) is 9.48 Å². The normalized spacial score (nSPS) is 10.9. The van der Waals surface area contributed by atoms with E-state index in [-0.39, 0.29) is 29.3 Å². The third kappa shape index (κ3) is 5.71. The fourth-order valence-corrected chi connectivity index (χ4v) is 3.18. The molecule has 0 unspecified atom stereocenters. The lowest BCUT2D eigenvalue weighted by atomic mass is 10.2. The molecule has 2 aromatic rings. The standard InChI is InChI=1S/C21H32N6O4/c1-4-7-12-25(17-18(22)26(13-8-5-2)21(31)23-19(17)29)20(30)15-10-11-16(28)27(24-15)14-9-6-3/h10-11H,4-9,12-14,22H2,1-3H3,(H,23,29,31). The molecule has 2 rings (SSSR count). The van der Waals surface area contributed by atoms with E-state index in [0.717, 1.165) is 25.7 Å². The van der Waals surface area contributed by atoms with Gasteiger partial charge >= 0.3 is 5.69 Å². The van der Waals surface area contributed by atoms with E-state index in [1.807, 2.05) is 20.8 Å². The predicted octanol–water partition coefficient (Wildman–Crippen LogP) is 1.72. The van der Waals surface area contributed by atoms with Crippen molar-refractivity contribution in [2.45, 2.75) is 72.4 Å². The smallest absolute Gasteiger partial charge is 0.330 e. The van der Waals surface area contributed by atoms with Gasteiger partial charge in [0.1, 0.15) is 11.5 Å². The molecule has 0 saturated carbocycles. The number of hydrogen-bond donors (Lipinski definition) is 2. The number of nitrogen functional groups attached to an aromatic ring is 1. The van der Waals surface area contributed by atoms with Crippen LogP contribution in [0.2, 0.25) is 0 Å². The first-order valence-electron chi connectivity index (χ1n) is 10.9. The van der Waals surface area contributed by atoms with E-state index in [0.29, 0.717) is 25.9 Å². The molecule has 2 heterocycles. The highest BCUT2D eigenvalue weighted by atomic mass is 16.2.